The van der Waals surface area contributed by atoms with Crippen molar-refractivity contribution in [1.29, 1.82) is 0 Å². The van der Waals surface area contributed by atoms with Gasteiger partial charge < -0.3 is 89.9 Å². The van der Waals surface area contributed by atoms with Crippen LogP contribution in [0.15, 0.2) is 122 Å². The highest BCUT2D eigenvalue weighted by atomic mass is 16.8. The van der Waals surface area contributed by atoms with Crippen LogP contribution in [0, 0.1) is 0 Å². The Labute approximate surface area is 608 Å². The summed E-state index contributed by atoms with van der Waals surface area (Å²) in [4.78, 5) is 13.5. The van der Waals surface area contributed by atoms with Gasteiger partial charge in [-0.1, -0.05) is 283 Å². The zero-order chi connectivity index (χ0) is 73.2. The predicted octanol–water partition coefficient (Wildman–Crippen LogP) is 12.7. The molecule has 17 atom stereocenters. The Morgan fingerprint density at radius 3 is 1.07 bits per heavy atom. The van der Waals surface area contributed by atoms with Crippen LogP contribution in [0.2, 0.25) is 0 Å². The van der Waals surface area contributed by atoms with Crippen LogP contribution in [0.4, 0.5) is 0 Å². The highest BCUT2D eigenvalue weighted by Gasteiger charge is 2.54. The minimum absolute atomic E-state index is 0.229. The lowest BCUT2D eigenvalue weighted by molar-refractivity contribution is -0.379. The lowest BCUT2D eigenvalue weighted by atomic mass is 9.96. The first-order valence-corrected chi connectivity index (χ1v) is 39.3. The Morgan fingerprint density at radius 1 is 0.366 bits per heavy atom. The summed E-state index contributed by atoms with van der Waals surface area (Å²) in [7, 11) is 0. The molecular formula is C82H139NO18. The van der Waals surface area contributed by atoms with Gasteiger partial charge in [0.15, 0.2) is 18.9 Å². The fraction of sp³-hybridized carbons (Fsp3) is 0.744. The SMILES string of the molecule is CC/C=C\C/C=C\C/C=C\C/C=C\C/C=C\C/C=C\C/C=C\C/C=C\C/C=C\C/C=C\CCCCCCC(=O)NC(COC1OC(CO)C(OC2OC(CO)C(OC3OC(CO)C(O)C(O)C3O)C(O)C2O)C(O)C1O)C(O)CCCCCCCCCCCCCCCCCCCCCCC. The maximum absolute atomic E-state index is 13.5. The van der Waals surface area contributed by atoms with Crippen LogP contribution in [0.3, 0.4) is 0 Å². The Kier molecular flexibility index (Phi) is 55.5. The van der Waals surface area contributed by atoms with Crippen molar-refractivity contribution >= 4 is 5.91 Å². The molecular weight excluding hydrogens is 1290 g/mol. The van der Waals surface area contributed by atoms with E-state index in [1.54, 1.807) is 0 Å². The Bertz CT molecular complexity index is 2300. The van der Waals surface area contributed by atoms with Gasteiger partial charge in [0.05, 0.1) is 38.6 Å². The second-order valence-electron chi connectivity index (χ2n) is 27.4. The van der Waals surface area contributed by atoms with E-state index in [-0.39, 0.29) is 18.9 Å². The first kappa shape index (κ1) is 91.4. The van der Waals surface area contributed by atoms with E-state index in [0.29, 0.717) is 12.8 Å². The van der Waals surface area contributed by atoms with Crippen LogP contribution < -0.4 is 5.32 Å². The van der Waals surface area contributed by atoms with Crippen LogP contribution in [0.1, 0.15) is 258 Å². The molecule has 19 nitrogen and oxygen atoms in total. The molecule has 0 bridgehead atoms. The quantitative estimate of drug-likeness (QED) is 0.0199. The molecule has 101 heavy (non-hydrogen) atoms. The fourth-order valence-electron chi connectivity index (χ4n) is 12.5. The number of hydrogen-bond acceptors (Lipinski definition) is 18. The van der Waals surface area contributed by atoms with Crippen LogP contribution in [0.5, 0.6) is 0 Å². The molecule has 12 N–H and O–H groups in total. The highest BCUT2D eigenvalue weighted by Crippen LogP contribution is 2.33. The maximum atomic E-state index is 13.5. The molecule has 17 unspecified atom stereocenters. The normalized spacial score (nSPS) is 27.0. The zero-order valence-electron chi connectivity index (χ0n) is 61.8. The van der Waals surface area contributed by atoms with Gasteiger partial charge in [-0.05, 0) is 89.9 Å². The third kappa shape index (κ3) is 41.6. The van der Waals surface area contributed by atoms with E-state index in [0.717, 1.165) is 116 Å². The second kappa shape index (κ2) is 61.4. The van der Waals surface area contributed by atoms with Crippen LogP contribution in [0.25, 0.3) is 0 Å². The van der Waals surface area contributed by atoms with Crippen molar-refractivity contribution in [1.82, 2.24) is 5.32 Å². The number of nitrogens with one attached hydrogen (secondary N) is 1. The summed E-state index contributed by atoms with van der Waals surface area (Å²) in [5.41, 5.74) is 0. The Balaban J connectivity index is 1.39. The summed E-state index contributed by atoms with van der Waals surface area (Å²) in [6.45, 7) is 1.68. The van der Waals surface area contributed by atoms with Crippen molar-refractivity contribution in [3.8, 4) is 0 Å². The van der Waals surface area contributed by atoms with E-state index >= 15 is 0 Å². The molecule has 3 saturated heterocycles. The van der Waals surface area contributed by atoms with Crippen molar-refractivity contribution in [2.45, 2.75) is 362 Å². The summed E-state index contributed by atoms with van der Waals surface area (Å²) in [6, 6.07) is -0.912. The largest absolute Gasteiger partial charge is 0.394 e. The van der Waals surface area contributed by atoms with E-state index in [1.165, 1.54) is 109 Å². The van der Waals surface area contributed by atoms with Crippen molar-refractivity contribution in [3.63, 3.8) is 0 Å². The van der Waals surface area contributed by atoms with Crippen molar-refractivity contribution in [2.24, 2.45) is 0 Å². The number of carbonyl (C=O) groups is 1. The standard InChI is InChI=1S/C82H139NO18/c1-3-5-7-9-11-13-15-17-19-21-23-25-26-27-28-29-30-31-32-33-34-35-36-37-38-40-42-44-46-48-50-52-54-56-58-60-70(88)83-65(66(87)59-57-55-53-51-49-47-45-43-41-39-24-22-20-18-16-14-12-10-8-6-4-2)64-96-80-76(94)73(91)78(68(62-85)98-80)101-82-77(95)74(92)79(69(63-86)99-82)100-81-75(93)72(90)71(89)67(61-84)97-81/h5,7,11,13,17,19,23,25,27-28,30-31,33-34,36-37,40,42,46,48,65-69,71-82,84-87,89-95H,3-4,6,8-10,12,14-16,18,20-22,24,26,29,32,35,38-39,41,43-45,47,49-64H2,1-2H3,(H,83,88)/b7-5-,13-11-,19-17-,25-23-,28-27-,31-30-,34-33-,37-36-,42-40-,48-46-. The topological polar surface area (TPSA) is 307 Å². The van der Waals surface area contributed by atoms with E-state index in [9.17, 15) is 61.0 Å². The van der Waals surface area contributed by atoms with Gasteiger partial charge in [-0.2, -0.15) is 0 Å². The number of aliphatic hydroxyl groups is 11. The van der Waals surface area contributed by atoms with Crippen molar-refractivity contribution < 1.29 is 89.4 Å². The number of aliphatic hydroxyl groups excluding tert-OH is 11. The van der Waals surface area contributed by atoms with Crippen LogP contribution >= 0.6 is 0 Å². The summed E-state index contributed by atoms with van der Waals surface area (Å²) < 4.78 is 34.5. The molecule has 3 heterocycles. The number of amides is 1. The summed E-state index contributed by atoms with van der Waals surface area (Å²) in [5.74, 6) is -0.270. The molecule has 0 spiro atoms. The van der Waals surface area contributed by atoms with Gasteiger partial charge in [0, 0.05) is 6.42 Å². The first-order chi connectivity index (χ1) is 49.3. The number of carbonyl (C=O) groups excluding carboxylic acids is 1. The molecule has 3 rings (SSSR count). The molecule has 3 aliphatic heterocycles. The van der Waals surface area contributed by atoms with Crippen LogP contribution in [-0.2, 0) is 33.2 Å². The van der Waals surface area contributed by atoms with Gasteiger partial charge in [-0.15, -0.1) is 0 Å². The monoisotopic (exact) mass is 1430 g/mol. The minimum atomic E-state index is -1.98. The number of hydrogen-bond donors (Lipinski definition) is 12. The number of allylic oxidation sites excluding steroid dienone is 20. The molecule has 580 valence electrons. The third-order valence-corrected chi connectivity index (χ3v) is 18.8. The lowest BCUT2D eigenvalue weighted by Crippen LogP contribution is -2.66. The van der Waals surface area contributed by atoms with Gasteiger partial charge in [-0.3, -0.25) is 4.79 Å². The number of unbranched alkanes of at least 4 members (excludes halogenated alkanes) is 24. The molecule has 0 aromatic heterocycles. The smallest absolute Gasteiger partial charge is 0.220 e. The predicted molar refractivity (Wildman–Crippen MR) is 401 cm³/mol. The molecule has 0 aliphatic carbocycles. The average Bonchev–Trinajstić information content (AvgIpc) is 0.782. The van der Waals surface area contributed by atoms with Gasteiger partial charge in [0.1, 0.15) is 73.2 Å². The maximum Gasteiger partial charge on any atom is 0.220 e. The molecule has 0 aromatic rings. The fourth-order valence-corrected chi connectivity index (χ4v) is 12.5. The number of ether oxygens (including phenoxy) is 6. The minimum Gasteiger partial charge on any atom is -0.394 e. The molecule has 1 amide bonds. The van der Waals surface area contributed by atoms with E-state index in [2.05, 4.69) is 141 Å². The van der Waals surface area contributed by atoms with Crippen molar-refractivity contribution in [2.75, 3.05) is 26.4 Å². The van der Waals surface area contributed by atoms with Gasteiger partial charge >= 0.3 is 0 Å². The Morgan fingerprint density at radius 2 is 0.683 bits per heavy atom. The average molecular weight is 1430 g/mol. The Hall–Kier alpha value is -3.81. The molecule has 0 radical (unpaired) electrons. The molecule has 3 aliphatic rings. The third-order valence-electron chi connectivity index (χ3n) is 18.8. The highest BCUT2D eigenvalue weighted by molar-refractivity contribution is 5.76. The zero-order valence-corrected chi connectivity index (χ0v) is 61.8. The van der Waals surface area contributed by atoms with Gasteiger partial charge in [-0.25, -0.2) is 0 Å². The first-order valence-electron chi connectivity index (χ1n) is 39.3. The lowest BCUT2D eigenvalue weighted by Gasteiger charge is -2.48. The van der Waals surface area contributed by atoms with E-state index in [4.69, 9.17) is 28.4 Å². The number of rotatable bonds is 60. The van der Waals surface area contributed by atoms with E-state index in [1.807, 2.05) is 0 Å². The van der Waals surface area contributed by atoms with Crippen molar-refractivity contribution in [3.05, 3.63) is 122 Å². The summed E-state index contributed by atoms with van der Waals surface area (Å²) >= 11 is 0. The molecule has 0 saturated carbocycles. The molecule has 0 aromatic carbocycles. The second-order valence-corrected chi connectivity index (χ2v) is 27.4. The van der Waals surface area contributed by atoms with Gasteiger partial charge in [0.25, 0.3) is 0 Å². The van der Waals surface area contributed by atoms with Crippen LogP contribution in [-0.4, -0.2) is 193 Å². The molecule has 19 heteroatoms. The molecule has 3 fully saturated rings. The summed E-state index contributed by atoms with van der Waals surface area (Å²) in [5, 5.41) is 121. The summed E-state index contributed by atoms with van der Waals surface area (Å²) in [6.07, 6.45) is 58.4. The van der Waals surface area contributed by atoms with E-state index < -0.39 is 124 Å². The van der Waals surface area contributed by atoms with Gasteiger partial charge in [0.2, 0.25) is 5.91 Å².